The highest BCUT2D eigenvalue weighted by molar-refractivity contribution is 5.93. The second-order valence-electron chi connectivity index (χ2n) is 8.95. The van der Waals surface area contributed by atoms with Crippen molar-refractivity contribution in [2.75, 3.05) is 36.4 Å². The standard InChI is InChI=1S/C30H26N6O/c37-30(36-19-17-35(18-20-36)27-13-7-8-16-31-27)32-24-14-15-25-26(21-24)34-29(23-11-5-2-6-12-23)28(33-25)22-9-3-1-4-10-22/h1-16,21H,17-20H2,(H,32,37). The summed E-state index contributed by atoms with van der Waals surface area (Å²) in [6, 6.07) is 31.6. The zero-order chi connectivity index (χ0) is 25.0. The van der Waals surface area contributed by atoms with E-state index in [9.17, 15) is 4.79 Å². The molecule has 0 saturated carbocycles. The van der Waals surface area contributed by atoms with Crippen molar-refractivity contribution in [2.24, 2.45) is 0 Å². The molecule has 0 spiro atoms. The van der Waals surface area contributed by atoms with Crippen molar-refractivity contribution in [1.29, 1.82) is 0 Å². The molecular formula is C30H26N6O. The van der Waals surface area contributed by atoms with E-state index in [1.165, 1.54) is 0 Å². The molecule has 2 amide bonds. The third-order valence-electron chi connectivity index (χ3n) is 6.55. The molecule has 7 nitrogen and oxygen atoms in total. The molecule has 1 saturated heterocycles. The SMILES string of the molecule is O=C(Nc1ccc2nc(-c3ccccc3)c(-c3ccccc3)nc2c1)N1CCN(c2ccccn2)CC1. The van der Waals surface area contributed by atoms with Gasteiger partial charge in [-0.15, -0.1) is 0 Å². The van der Waals surface area contributed by atoms with Crippen LogP contribution in [-0.2, 0) is 0 Å². The van der Waals surface area contributed by atoms with Crippen molar-refractivity contribution in [3.05, 3.63) is 103 Å². The molecule has 37 heavy (non-hydrogen) atoms. The van der Waals surface area contributed by atoms with E-state index in [-0.39, 0.29) is 6.03 Å². The van der Waals surface area contributed by atoms with Crippen LogP contribution in [0.3, 0.4) is 0 Å². The van der Waals surface area contributed by atoms with Crippen molar-refractivity contribution in [2.45, 2.75) is 0 Å². The maximum absolute atomic E-state index is 13.0. The summed E-state index contributed by atoms with van der Waals surface area (Å²) in [7, 11) is 0. The number of piperazine rings is 1. The van der Waals surface area contributed by atoms with Gasteiger partial charge in [-0.2, -0.15) is 0 Å². The number of amides is 2. The largest absolute Gasteiger partial charge is 0.353 e. The third-order valence-corrected chi connectivity index (χ3v) is 6.55. The number of fused-ring (bicyclic) bond motifs is 1. The normalized spacial score (nSPS) is 13.5. The van der Waals surface area contributed by atoms with Gasteiger partial charge in [0.2, 0.25) is 0 Å². The van der Waals surface area contributed by atoms with E-state index in [1.807, 2.05) is 102 Å². The second-order valence-corrected chi connectivity index (χ2v) is 8.95. The minimum Gasteiger partial charge on any atom is -0.353 e. The Bertz CT molecular complexity index is 1520. The molecule has 1 N–H and O–H groups in total. The zero-order valence-corrected chi connectivity index (χ0v) is 20.3. The van der Waals surface area contributed by atoms with E-state index in [0.717, 1.165) is 52.5 Å². The van der Waals surface area contributed by atoms with Crippen LogP contribution in [0, 0.1) is 0 Å². The molecule has 2 aromatic heterocycles. The molecule has 1 aliphatic rings. The molecule has 5 aromatic rings. The van der Waals surface area contributed by atoms with Crippen LogP contribution in [0.5, 0.6) is 0 Å². The molecule has 7 heteroatoms. The molecule has 0 unspecified atom stereocenters. The van der Waals surface area contributed by atoms with Crippen molar-refractivity contribution < 1.29 is 4.79 Å². The molecule has 0 aliphatic carbocycles. The average molecular weight is 487 g/mol. The Balaban J connectivity index is 1.24. The van der Waals surface area contributed by atoms with Gasteiger partial charge in [0.05, 0.1) is 22.4 Å². The Morgan fingerprint density at radius 1 is 0.676 bits per heavy atom. The van der Waals surface area contributed by atoms with Crippen LogP contribution in [0.15, 0.2) is 103 Å². The predicted molar refractivity (Wildman–Crippen MR) is 147 cm³/mol. The van der Waals surface area contributed by atoms with Gasteiger partial charge < -0.3 is 15.1 Å². The predicted octanol–water partition coefficient (Wildman–Crippen LogP) is 5.71. The summed E-state index contributed by atoms with van der Waals surface area (Å²) in [6.07, 6.45) is 1.79. The number of urea groups is 1. The highest BCUT2D eigenvalue weighted by atomic mass is 16.2. The molecule has 3 aromatic carbocycles. The number of carbonyl (C=O) groups is 1. The summed E-state index contributed by atoms with van der Waals surface area (Å²) in [6.45, 7) is 2.76. The lowest BCUT2D eigenvalue weighted by atomic mass is 10.0. The summed E-state index contributed by atoms with van der Waals surface area (Å²) in [5.74, 6) is 0.944. The highest BCUT2D eigenvalue weighted by Gasteiger charge is 2.22. The van der Waals surface area contributed by atoms with Gasteiger partial charge in [0.25, 0.3) is 0 Å². The van der Waals surface area contributed by atoms with Gasteiger partial charge in [-0.1, -0.05) is 66.7 Å². The molecule has 182 valence electrons. The van der Waals surface area contributed by atoms with Gasteiger partial charge in [-0.05, 0) is 30.3 Å². The fraction of sp³-hybridized carbons (Fsp3) is 0.133. The lowest BCUT2D eigenvalue weighted by Crippen LogP contribution is -2.50. The molecule has 0 radical (unpaired) electrons. The molecule has 0 atom stereocenters. The number of hydrogen-bond donors (Lipinski definition) is 1. The number of aromatic nitrogens is 3. The molecule has 3 heterocycles. The van der Waals surface area contributed by atoms with Gasteiger partial charge in [-0.25, -0.2) is 19.7 Å². The van der Waals surface area contributed by atoms with Crippen LogP contribution in [0.1, 0.15) is 0 Å². The van der Waals surface area contributed by atoms with E-state index in [2.05, 4.69) is 15.2 Å². The number of pyridine rings is 1. The van der Waals surface area contributed by atoms with Gasteiger partial charge >= 0.3 is 6.03 Å². The maximum atomic E-state index is 13.0. The fourth-order valence-corrected chi connectivity index (χ4v) is 4.61. The Kier molecular flexibility index (Phi) is 6.17. The molecule has 1 aliphatic heterocycles. The van der Waals surface area contributed by atoms with Gasteiger partial charge in [0.15, 0.2) is 0 Å². The second kappa shape index (κ2) is 10.1. The number of nitrogens with zero attached hydrogens (tertiary/aromatic N) is 5. The quantitative estimate of drug-likeness (QED) is 0.352. The fourth-order valence-electron chi connectivity index (χ4n) is 4.61. The minimum atomic E-state index is -0.114. The lowest BCUT2D eigenvalue weighted by molar-refractivity contribution is 0.208. The molecule has 0 bridgehead atoms. The third kappa shape index (κ3) is 4.84. The van der Waals surface area contributed by atoms with Crippen LogP contribution in [0.2, 0.25) is 0 Å². The Hall–Kier alpha value is -4.78. The van der Waals surface area contributed by atoms with Gasteiger partial charge in [0.1, 0.15) is 5.82 Å². The highest BCUT2D eigenvalue weighted by Crippen LogP contribution is 2.31. The summed E-state index contributed by atoms with van der Waals surface area (Å²) in [5.41, 5.74) is 5.87. The number of carbonyl (C=O) groups excluding carboxylic acids is 1. The summed E-state index contributed by atoms with van der Waals surface area (Å²) in [4.78, 5) is 31.4. The van der Waals surface area contributed by atoms with Crippen LogP contribution < -0.4 is 10.2 Å². The van der Waals surface area contributed by atoms with Crippen molar-refractivity contribution in [3.8, 4) is 22.5 Å². The van der Waals surface area contributed by atoms with Gasteiger partial charge in [-0.3, -0.25) is 0 Å². The first-order valence-electron chi connectivity index (χ1n) is 12.4. The Morgan fingerprint density at radius 2 is 1.30 bits per heavy atom. The van der Waals surface area contributed by atoms with Crippen LogP contribution >= 0.6 is 0 Å². The molecule has 6 rings (SSSR count). The molecular weight excluding hydrogens is 460 g/mol. The van der Waals surface area contributed by atoms with E-state index < -0.39 is 0 Å². The number of anilines is 2. The molecule has 1 fully saturated rings. The first-order chi connectivity index (χ1) is 18.2. The number of hydrogen-bond acceptors (Lipinski definition) is 5. The van der Waals surface area contributed by atoms with Crippen molar-refractivity contribution in [3.63, 3.8) is 0 Å². The first kappa shape index (κ1) is 22.7. The summed E-state index contributed by atoms with van der Waals surface area (Å²) in [5, 5.41) is 3.05. The zero-order valence-electron chi connectivity index (χ0n) is 20.3. The van der Waals surface area contributed by atoms with E-state index in [0.29, 0.717) is 18.8 Å². The van der Waals surface area contributed by atoms with Crippen LogP contribution in [-0.4, -0.2) is 52.1 Å². The summed E-state index contributed by atoms with van der Waals surface area (Å²) < 4.78 is 0. The topological polar surface area (TPSA) is 74.2 Å². The smallest absolute Gasteiger partial charge is 0.321 e. The van der Waals surface area contributed by atoms with E-state index >= 15 is 0 Å². The average Bonchev–Trinajstić information content (AvgIpc) is 2.98. The minimum absolute atomic E-state index is 0.114. The lowest BCUT2D eigenvalue weighted by Gasteiger charge is -2.35. The van der Waals surface area contributed by atoms with Crippen LogP contribution in [0.4, 0.5) is 16.3 Å². The van der Waals surface area contributed by atoms with E-state index in [4.69, 9.17) is 9.97 Å². The number of benzene rings is 3. The van der Waals surface area contributed by atoms with E-state index in [1.54, 1.807) is 6.20 Å². The Morgan fingerprint density at radius 3 is 1.92 bits per heavy atom. The maximum Gasteiger partial charge on any atom is 0.321 e. The summed E-state index contributed by atoms with van der Waals surface area (Å²) >= 11 is 0. The first-order valence-corrected chi connectivity index (χ1v) is 12.4. The van der Waals surface area contributed by atoms with Crippen LogP contribution in [0.25, 0.3) is 33.5 Å². The van der Waals surface area contributed by atoms with Gasteiger partial charge in [0, 0.05) is 49.2 Å². The Labute approximate surface area is 215 Å². The number of nitrogens with one attached hydrogen (secondary N) is 1. The number of rotatable bonds is 4. The van der Waals surface area contributed by atoms with Crippen molar-refractivity contribution in [1.82, 2.24) is 19.9 Å². The monoisotopic (exact) mass is 486 g/mol. The van der Waals surface area contributed by atoms with Crippen molar-refractivity contribution >= 4 is 28.6 Å².